The van der Waals surface area contributed by atoms with Crippen molar-refractivity contribution in [1.82, 2.24) is 10.1 Å². The van der Waals surface area contributed by atoms with E-state index in [-0.39, 0.29) is 6.04 Å². The highest BCUT2D eigenvalue weighted by Crippen LogP contribution is 2.22. The van der Waals surface area contributed by atoms with E-state index in [9.17, 15) is 0 Å². The van der Waals surface area contributed by atoms with E-state index in [1.165, 1.54) is 0 Å². The minimum Gasteiger partial charge on any atom is -0.338 e. The zero-order chi connectivity index (χ0) is 12.4. The van der Waals surface area contributed by atoms with Crippen LogP contribution in [0.1, 0.15) is 30.2 Å². The minimum absolute atomic E-state index is 0.267. The summed E-state index contributed by atoms with van der Waals surface area (Å²) in [6.07, 6.45) is 0.492. The Morgan fingerprint density at radius 1 is 1.41 bits per heavy atom. The molecule has 1 aromatic heterocycles. The molecule has 1 atom stereocenters. The van der Waals surface area contributed by atoms with Gasteiger partial charge < -0.3 is 10.3 Å². The van der Waals surface area contributed by atoms with E-state index in [0.717, 1.165) is 5.56 Å². The Labute approximate surface area is 109 Å². The molecule has 0 aliphatic heterocycles. The SMILES string of the molecule is CC(N)c1nc(Cc2ccc(Cl)cc2Cl)no1. The minimum atomic E-state index is -0.267. The van der Waals surface area contributed by atoms with Gasteiger partial charge in [0, 0.05) is 16.5 Å². The van der Waals surface area contributed by atoms with Gasteiger partial charge in [0.2, 0.25) is 5.89 Å². The molecule has 1 unspecified atom stereocenters. The summed E-state index contributed by atoms with van der Waals surface area (Å²) in [5, 5.41) is 5.03. The second-order valence-electron chi connectivity index (χ2n) is 3.75. The third kappa shape index (κ3) is 2.97. The first kappa shape index (κ1) is 12.4. The van der Waals surface area contributed by atoms with Crippen molar-refractivity contribution in [2.45, 2.75) is 19.4 Å². The molecule has 17 heavy (non-hydrogen) atoms. The van der Waals surface area contributed by atoms with Crippen molar-refractivity contribution in [2.24, 2.45) is 5.73 Å². The molecule has 0 bridgehead atoms. The molecule has 0 radical (unpaired) electrons. The Balaban J connectivity index is 2.19. The first-order valence-corrected chi connectivity index (χ1v) is 5.84. The Morgan fingerprint density at radius 3 is 2.76 bits per heavy atom. The number of halogens is 2. The standard InChI is InChI=1S/C11H11Cl2N3O/c1-6(14)11-15-10(16-17-11)4-7-2-3-8(12)5-9(7)13/h2-3,5-6H,4,14H2,1H3. The van der Waals surface area contributed by atoms with Gasteiger partial charge in [-0.05, 0) is 24.6 Å². The van der Waals surface area contributed by atoms with Gasteiger partial charge in [0.15, 0.2) is 5.82 Å². The Morgan fingerprint density at radius 2 is 2.18 bits per heavy atom. The van der Waals surface area contributed by atoms with Crippen LogP contribution in [-0.4, -0.2) is 10.1 Å². The third-order valence-electron chi connectivity index (χ3n) is 2.24. The third-order valence-corrected chi connectivity index (χ3v) is 2.82. The lowest BCUT2D eigenvalue weighted by Crippen LogP contribution is -2.05. The van der Waals surface area contributed by atoms with Gasteiger partial charge in [-0.2, -0.15) is 4.98 Å². The van der Waals surface area contributed by atoms with Crippen molar-refractivity contribution in [3.05, 3.63) is 45.5 Å². The van der Waals surface area contributed by atoms with Crippen molar-refractivity contribution in [2.75, 3.05) is 0 Å². The van der Waals surface area contributed by atoms with E-state index in [4.69, 9.17) is 33.5 Å². The fraction of sp³-hybridized carbons (Fsp3) is 0.273. The van der Waals surface area contributed by atoms with Gasteiger partial charge in [0.25, 0.3) is 0 Å². The number of aromatic nitrogens is 2. The number of hydrogen-bond acceptors (Lipinski definition) is 4. The van der Waals surface area contributed by atoms with Gasteiger partial charge in [0.1, 0.15) is 0 Å². The molecule has 0 saturated heterocycles. The number of benzene rings is 1. The van der Waals surface area contributed by atoms with Crippen LogP contribution in [0, 0.1) is 0 Å². The van der Waals surface area contributed by atoms with Crippen LogP contribution in [0.3, 0.4) is 0 Å². The van der Waals surface area contributed by atoms with Crippen molar-refractivity contribution in [3.63, 3.8) is 0 Å². The van der Waals surface area contributed by atoms with Gasteiger partial charge in [-0.1, -0.05) is 34.4 Å². The molecule has 4 nitrogen and oxygen atoms in total. The normalized spacial score (nSPS) is 12.7. The summed E-state index contributed by atoms with van der Waals surface area (Å²) in [5.74, 6) is 0.978. The maximum atomic E-state index is 6.05. The highest BCUT2D eigenvalue weighted by atomic mass is 35.5. The maximum absolute atomic E-state index is 6.05. The van der Waals surface area contributed by atoms with Crippen LogP contribution in [0.2, 0.25) is 10.0 Å². The number of hydrogen-bond donors (Lipinski definition) is 1. The lowest BCUT2D eigenvalue weighted by molar-refractivity contribution is 0.358. The topological polar surface area (TPSA) is 64.9 Å². The van der Waals surface area contributed by atoms with E-state index < -0.39 is 0 Å². The molecule has 2 rings (SSSR count). The van der Waals surface area contributed by atoms with E-state index in [1.54, 1.807) is 19.1 Å². The highest BCUT2D eigenvalue weighted by Gasteiger charge is 2.11. The van der Waals surface area contributed by atoms with Gasteiger partial charge in [-0.3, -0.25) is 0 Å². The van der Waals surface area contributed by atoms with E-state index in [1.807, 2.05) is 6.07 Å². The molecule has 0 spiro atoms. The Hall–Kier alpha value is -1.10. The van der Waals surface area contributed by atoms with Crippen LogP contribution < -0.4 is 5.73 Å². The van der Waals surface area contributed by atoms with Gasteiger partial charge in [-0.25, -0.2) is 0 Å². The maximum Gasteiger partial charge on any atom is 0.243 e. The second kappa shape index (κ2) is 5.04. The van der Waals surface area contributed by atoms with E-state index in [2.05, 4.69) is 10.1 Å². The molecule has 90 valence electrons. The van der Waals surface area contributed by atoms with Gasteiger partial charge >= 0.3 is 0 Å². The van der Waals surface area contributed by atoms with Crippen LogP contribution in [0.25, 0.3) is 0 Å². The molecule has 2 aromatic rings. The first-order valence-electron chi connectivity index (χ1n) is 5.08. The molecule has 0 fully saturated rings. The molecule has 1 heterocycles. The average molecular weight is 272 g/mol. The van der Waals surface area contributed by atoms with Crippen LogP contribution >= 0.6 is 23.2 Å². The highest BCUT2D eigenvalue weighted by molar-refractivity contribution is 6.35. The smallest absolute Gasteiger partial charge is 0.243 e. The predicted octanol–water partition coefficient (Wildman–Crippen LogP) is 2.99. The van der Waals surface area contributed by atoms with Crippen LogP contribution in [0.15, 0.2) is 22.7 Å². The van der Waals surface area contributed by atoms with Gasteiger partial charge in [0.05, 0.1) is 6.04 Å². The summed E-state index contributed by atoms with van der Waals surface area (Å²) in [6, 6.07) is 5.03. The van der Waals surface area contributed by atoms with E-state index in [0.29, 0.717) is 28.2 Å². The molecule has 0 aliphatic carbocycles. The zero-order valence-corrected chi connectivity index (χ0v) is 10.7. The van der Waals surface area contributed by atoms with Crippen molar-refractivity contribution < 1.29 is 4.52 Å². The fourth-order valence-corrected chi connectivity index (χ4v) is 1.83. The molecule has 1 aromatic carbocycles. The lowest BCUT2D eigenvalue weighted by Gasteiger charge is -2.01. The van der Waals surface area contributed by atoms with Crippen LogP contribution in [0.4, 0.5) is 0 Å². The summed E-state index contributed by atoms with van der Waals surface area (Å²) in [5.41, 5.74) is 6.53. The monoisotopic (exact) mass is 271 g/mol. The van der Waals surface area contributed by atoms with Crippen molar-refractivity contribution in [1.29, 1.82) is 0 Å². The van der Waals surface area contributed by atoms with E-state index >= 15 is 0 Å². The summed E-state index contributed by atoms with van der Waals surface area (Å²) >= 11 is 11.9. The molecular formula is C11H11Cl2N3O. The second-order valence-corrected chi connectivity index (χ2v) is 4.59. The summed E-state index contributed by atoms with van der Waals surface area (Å²) in [6.45, 7) is 1.78. The lowest BCUT2D eigenvalue weighted by atomic mass is 10.1. The molecule has 0 saturated carbocycles. The average Bonchev–Trinajstić information content (AvgIpc) is 2.71. The quantitative estimate of drug-likeness (QED) is 0.932. The largest absolute Gasteiger partial charge is 0.338 e. The first-order chi connectivity index (χ1) is 8.06. The van der Waals surface area contributed by atoms with Crippen molar-refractivity contribution in [3.8, 4) is 0 Å². The fourth-order valence-electron chi connectivity index (χ4n) is 1.36. The summed E-state index contributed by atoms with van der Waals surface area (Å²) in [7, 11) is 0. The zero-order valence-electron chi connectivity index (χ0n) is 9.15. The predicted molar refractivity (Wildman–Crippen MR) is 66.2 cm³/mol. The molecule has 2 N–H and O–H groups in total. The molecule has 6 heteroatoms. The molecular weight excluding hydrogens is 261 g/mol. The molecule has 0 amide bonds. The number of nitrogens with two attached hydrogens (primary N) is 1. The summed E-state index contributed by atoms with van der Waals surface area (Å²) in [4.78, 5) is 4.17. The Kier molecular flexibility index (Phi) is 3.66. The Bertz CT molecular complexity index is 525. The number of rotatable bonds is 3. The van der Waals surface area contributed by atoms with Crippen LogP contribution in [-0.2, 0) is 6.42 Å². The number of nitrogens with zero attached hydrogens (tertiary/aromatic N) is 2. The summed E-state index contributed by atoms with van der Waals surface area (Å²) < 4.78 is 5.01. The van der Waals surface area contributed by atoms with Gasteiger partial charge in [-0.15, -0.1) is 0 Å². The van der Waals surface area contributed by atoms with Crippen molar-refractivity contribution >= 4 is 23.2 Å². The molecule has 0 aliphatic rings. The van der Waals surface area contributed by atoms with Crippen LogP contribution in [0.5, 0.6) is 0 Å².